The molecule has 0 aromatic rings. The highest BCUT2D eigenvalue weighted by molar-refractivity contribution is 5.01. The molecule has 0 saturated carbocycles. The monoisotopic (exact) mass is 328 g/mol. The first-order valence-electron chi connectivity index (χ1n) is 4.02. The van der Waals surface area contributed by atoms with E-state index in [1.54, 1.807) is 0 Å². The van der Waals surface area contributed by atoms with E-state index in [-0.39, 0.29) is 0 Å². The van der Waals surface area contributed by atoms with E-state index in [4.69, 9.17) is 0 Å². The molecule has 0 nitrogen and oxygen atoms in total. The van der Waals surface area contributed by atoms with Crippen LogP contribution in [0.2, 0.25) is 0 Å². The van der Waals surface area contributed by atoms with Crippen LogP contribution >= 0.6 is 0 Å². The number of hydrogen-bond donors (Lipinski definition) is 0. The van der Waals surface area contributed by atoms with Gasteiger partial charge in [-0.1, -0.05) is 6.58 Å². The Morgan fingerprint density at radius 2 is 1.10 bits per heavy atom. The Morgan fingerprint density at radius 3 is 1.15 bits per heavy atom. The van der Waals surface area contributed by atoms with E-state index in [9.17, 15) is 52.7 Å². The van der Waals surface area contributed by atoms with Crippen molar-refractivity contribution in [1.82, 2.24) is 0 Å². The standard InChI is InChI=1S/2C4H2F6/c1-2(5)3(6,7)4(8,9)10;5-2-1-3(6,7)4(8,9)10/h1H2;1-2H. The molecule has 0 aliphatic heterocycles. The van der Waals surface area contributed by atoms with Crippen LogP contribution in [-0.4, -0.2) is 24.2 Å². The van der Waals surface area contributed by atoms with Crippen LogP contribution in [0.5, 0.6) is 0 Å². The number of rotatable bonds is 2. The van der Waals surface area contributed by atoms with Crippen LogP contribution in [-0.2, 0) is 0 Å². The molecule has 0 bridgehead atoms. The van der Waals surface area contributed by atoms with E-state index in [1.807, 2.05) is 6.58 Å². The lowest BCUT2D eigenvalue weighted by Gasteiger charge is -2.16. The zero-order valence-electron chi connectivity index (χ0n) is 8.90. The van der Waals surface area contributed by atoms with Gasteiger partial charge < -0.3 is 0 Å². The third kappa shape index (κ3) is 5.74. The van der Waals surface area contributed by atoms with Crippen molar-refractivity contribution in [2.75, 3.05) is 0 Å². The fourth-order valence-corrected chi connectivity index (χ4v) is 0.327. The molecule has 0 heterocycles. The minimum atomic E-state index is -5.89. The maximum atomic E-state index is 11.5. The Balaban J connectivity index is 0. The quantitative estimate of drug-likeness (QED) is 0.601. The first kappa shape index (κ1) is 20.9. The molecule has 0 amide bonds. The van der Waals surface area contributed by atoms with Crippen molar-refractivity contribution < 1.29 is 52.7 Å². The van der Waals surface area contributed by atoms with Gasteiger partial charge in [0.1, 0.15) is 0 Å². The Morgan fingerprint density at radius 1 is 0.750 bits per heavy atom. The summed E-state index contributed by atoms with van der Waals surface area (Å²) in [5.74, 6) is -13.2. The minimum absolute atomic E-state index is 0.840. The van der Waals surface area contributed by atoms with Crippen LogP contribution in [0.15, 0.2) is 24.8 Å². The normalized spacial score (nSPS) is 14.0. The Labute approximate surface area is 103 Å². The second-order valence-electron chi connectivity index (χ2n) is 2.89. The predicted octanol–water partition coefficient (Wildman–Crippen LogP) is 5.33. The minimum Gasteiger partial charge on any atom is -0.216 e. The molecule has 0 aliphatic carbocycles. The SMILES string of the molecule is C=C(F)C(F)(F)C(F)(F)F.FC=CC(F)(F)C(F)(F)F. The molecule has 120 valence electrons. The average Bonchev–Trinajstić information content (AvgIpc) is 2.14. The molecule has 0 aromatic carbocycles. The fraction of sp³-hybridized carbons (Fsp3) is 0.500. The van der Waals surface area contributed by atoms with Crippen molar-refractivity contribution in [3.63, 3.8) is 0 Å². The van der Waals surface area contributed by atoms with Crippen LogP contribution in [0.3, 0.4) is 0 Å². The summed E-state index contributed by atoms with van der Waals surface area (Å²) in [6, 6.07) is 0. The molecular weight excluding hydrogens is 324 g/mol. The zero-order chi connectivity index (χ0) is 17.0. The van der Waals surface area contributed by atoms with E-state index in [0.29, 0.717) is 0 Å². The Kier molecular flexibility index (Phi) is 6.70. The lowest BCUT2D eigenvalue weighted by molar-refractivity contribution is -0.270. The fourth-order valence-electron chi connectivity index (χ4n) is 0.327. The summed E-state index contributed by atoms with van der Waals surface area (Å²) in [4.78, 5) is 0. The maximum Gasteiger partial charge on any atom is 0.460 e. The largest absolute Gasteiger partial charge is 0.460 e. The van der Waals surface area contributed by atoms with Gasteiger partial charge in [0.05, 0.1) is 6.33 Å². The van der Waals surface area contributed by atoms with Crippen LogP contribution in [0, 0.1) is 0 Å². The number of alkyl halides is 10. The average molecular weight is 328 g/mol. The molecule has 0 aromatic heterocycles. The molecular formula is C8H4F12. The van der Waals surface area contributed by atoms with Gasteiger partial charge in [0.15, 0.2) is 5.83 Å². The number of halogens is 12. The predicted molar refractivity (Wildman–Crippen MR) is 42.5 cm³/mol. The van der Waals surface area contributed by atoms with Gasteiger partial charge in [-0.2, -0.15) is 43.9 Å². The van der Waals surface area contributed by atoms with E-state index in [1.165, 1.54) is 0 Å². The van der Waals surface area contributed by atoms with Gasteiger partial charge in [-0.25, -0.2) is 8.78 Å². The van der Waals surface area contributed by atoms with Crippen LogP contribution in [0.4, 0.5) is 52.7 Å². The van der Waals surface area contributed by atoms with Crippen molar-refractivity contribution >= 4 is 0 Å². The molecule has 0 N–H and O–H groups in total. The van der Waals surface area contributed by atoms with E-state index in [2.05, 4.69) is 0 Å². The van der Waals surface area contributed by atoms with Crippen LogP contribution in [0.1, 0.15) is 0 Å². The highest BCUT2D eigenvalue weighted by atomic mass is 19.4. The van der Waals surface area contributed by atoms with Crippen molar-refractivity contribution in [2.45, 2.75) is 24.2 Å². The van der Waals surface area contributed by atoms with Gasteiger partial charge in [-0.05, 0) is 0 Å². The first-order valence-corrected chi connectivity index (χ1v) is 4.02. The molecule has 0 saturated heterocycles. The van der Waals surface area contributed by atoms with Gasteiger partial charge in [0.2, 0.25) is 0 Å². The summed E-state index contributed by atoms with van der Waals surface area (Å²) in [7, 11) is 0. The van der Waals surface area contributed by atoms with E-state index < -0.39 is 42.4 Å². The second-order valence-corrected chi connectivity index (χ2v) is 2.89. The maximum absolute atomic E-state index is 11.5. The molecule has 20 heavy (non-hydrogen) atoms. The third-order valence-corrected chi connectivity index (χ3v) is 1.35. The van der Waals surface area contributed by atoms with Gasteiger partial charge in [0, 0.05) is 6.08 Å². The summed E-state index contributed by atoms with van der Waals surface area (Å²) >= 11 is 0. The van der Waals surface area contributed by atoms with Gasteiger partial charge in [0.25, 0.3) is 0 Å². The highest BCUT2D eigenvalue weighted by Crippen LogP contribution is 2.40. The summed E-state index contributed by atoms with van der Waals surface area (Å²) in [5.41, 5.74) is 0. The van der Waals surface area contributed by atoms with Crippen LogP contribution in [0.25, 0.3) is 0 Å². The highest BCUT2D eigenvalue weighted by Gasteiger charge is 2.60. The van der Waals surface area contributed by atoms with Crippen molar-refractivity contribution in [2.24, 2.45) is 0 Å². The molecule has 0 spiro atoms. The number of allylic oxidation sites excluding steroid dienone is 2. The molecule has 0 aliphatic rings. The molecule has 0 unspecified atom stereocenters. The second kappa shape index (κ2) is 6.39. The van der Waals surface area contributed by atoms with Crippen molar-refractivity contribution in [3.05, 3.63) is 24.8 Å². The lowest BCUT2D eigenvalue weighted by atomic mass is 10.3. The summed E-state index contributed by atoms with van der Waals surface area (Å²) < 4.78 is 134. The number of hydrogen-bond acceptors (Lipinski definition) is 0. The smallest absolute Gasteiger partial charge is 0.216 e. The van der Waals surface area contributed by atoms with Crippen molar-refractivity contribution in [3.8, 4) is 0 Å². The van der Waals surface area contributed by atoms with Crippen molar-refractivity contribution in [1.29, 1.82) is 0 Å². The van der Waals surface area contributed by atoms with Gasteiger partial charge in [-0.3, -0.25) is 0 Å². The van der Waals surface area contributed by atoms with E-state index >= 15 is 0 Å². The summed E-state index contributed by atoms with van der Waals surface area (Å²) in [5, 5.41) is 0. The molecule has 0 radical (unpaired) electrons. The molecule has 12 heteroatoms. The van der Waals surface area contributed by atoms with Gasteiger partial charge in [-0.15, -0.1) is 0 Å². The molecule has 0 fully saturated rings. The summed E-state index contributed by atoms with van der Waals surface area (Å²) in [6.07, 6.45) is -13.3. The van der Waals surface area contributed by atoms with Gasteiger partial charge >= 0.3 is 24.2 Å². The Bertz CT molecular complexity index is 343. The topological polar surface area (TPSA) is 0 Å². The van der Waals surface area contributed by atoms with Crippen LogP contribution < -0.4 is 0 Å². The molecule has 0 atom stereocenters. The van der Waals surface area contributed by atoms with E-state index in [0.717, 1.165) is 0 Å². The molecule has 0 rings (SSSR count). The summed E-state index contributed by atoms with van der Waals surface area (Å²) in [6.45, 7) is 1.86. The zero-order valence-corrected chi connectivity index (χ0v) is 8.90. The lowest BCUT2D eigenvalue weighted by Crippen LogP contribution is -2.36. The Hall–Kier alpha value is -1.36. The first-order chi connectivity index (χ1) is 8.50. The third-order valence-electron chi connectivity index (χ3n) is 1.35.